The molecule has 0 unspecified atom stereocenters. The third kappa shape index (κ3) is 3.65. The summed E-state index contributed by atoms with van der Waals surface area (Å²) < 4.78 is 6.48. The van der Waals surface area contributed by atoms with Crippen molar-refractivity contribution >= 4 is 21.8 Å². The number of rotatable bonds is 4. The van der Waals surface area contributed by atoms with Gasteiger partial charge in [0, 0.05) is 4.47 Å². The number of nitrogens with two attached hydrogens (primary N) is 1. The van der Waals surface area contributed by atoms with E-state index in [2.05, 4.69) is 31.1 Å². The molecule has 1 aromatic heterocycles. The van der Waals surface area contributed by atoms with Crippen molar-refractivity contribution in [3.8, 4) is 5.88 Å². The summed E-state index contributed by atoms with van der Waals surface area (Å²) >= 11 is 3.36. The number of nitrogens with zero attached hydrogens (tertiary/aromatic N) is 3. The number of hydrogen-bond donors (Lipinski definition) is 2. The summed E-state index contributed by atoms with van der Waals surface area (Å²) in [5.41, 5.74) is 6.69. The molecule has 0 amide bonds. The summed E-state index contributed by atoms with van der Waals surface area (Å²) in [6.07, 6.45) is 2.80. The van der Waals surface area contributed by atoms with Gasteiger partial charge in [-0.25, -0.2) is 9.97 Å². The highest BCUT2D eigenvalue weighted by molar-refractivity contribution is 9.10. The number of halogens is 1. The van der Waals surface area contributed by atoms with Gasteiger partial charge in [0.2, 0.25) is 5.88 Å². The van der Waals surface area contributed by atoms with Crippen LogP contribution in [-0.2, 0) is 6.61 Å². The number of oxime groups is 1. The van der Waals surface area contributed by atoms with Crippen LogP contribution in [-0.4, -0.2) is 21.0 Å². The Morgan fingerprint density at radius 1 is 1.26 bits per heavy atom. The van der Waals surface area contributed by atoms with Crippen molar-refractivity contribution in [2.24, 2.45) is 10.9 Å². The Morgan fingerprint density at radius 2 is 2.00 bits per heavy atom. The monoisotopic (exact) mass is 322 g/mol. The molecule has 1 aromatic carbocycles. The standard InChI is InChI=1S/C12H11BrN4O2/c13-9-3-1-8(2-4-9)7-19-11-6-15-10(5-16-11)12(14)17-18/h1-6,18H,7H2,(H2,14,17). The molecule has 0 fully saturated rings. The molecule has 19 heavy (non-hydrogen) atoms. The van der Waals surface area contributed by atoms with Crippen molar-refractivity contribution in [3.05, 3.63) is 52.4 Å². The first-order chi connectivity index (χ1) is 9.19. The summed E-state index contributed by atoms with van der Waals surface area (Å²) in [5.74, 6) is 0.282. The van der Waals surface area contributed by atoms with Crippen molar-refractivity contribution in [3.63, 3.8) is 0 Å². The Balaban J connectivity index is 1.98. The van der Waals surface area contributed by atoms with E-state index in [0.29, 0.717) is 18.2 Å². The highest BCUT2D eigenvalue weighted by atomic mass is 79.9. The largest absolute Gasteiger partial charge is 0.472 e. The van der Waals surface area contributed by atoms with Crippen LogP contribution in [0.3, 0.4) is 0 Å². The molecule has 0 saturated heterocycles. The summed E-state index contributed by atoms with van der Waals surface area (Å²) in [6.45, 7) is 0.394. The number of aromatic nitrogens is 2. The third-order valence-corrected chi connectivity index (χ3v) is 2.83. The summed E-state index contributed by atoms with van der Waals surface area (Å²) in [4.78, 5) is 7.98. The maximum absolute atomic E-state index is 8.49. The van der Waals surface area contributed by atoms with Crippen molar-refractivity contribution in [1.82, 2.24) is 9.97 Å². The molecule has 0 aliphatic rings. The first kappa shape index (κ1) is 13.3. The SMILES string of the molecule is N/C(=N/O)c1cnc(OCc2ccc(Br)cc2)cn1. The van der Waals surface area contributed by atoms with Gasteiger partial charge in [-0.15, -0.1) is 0 Å². The first-order valence-electron chi connectivity index (χ1n) is 5.36. The molecule has 3 N–H and O–H groups in total. The average molecular weight is 323 g/mol. The van der Waals surface area contributed by atoms with E-state index in [-0.39, 0.29) is 5.84 Å². The predicted molar refractivity (Wildman–Crippen MR) is 73.0 cm³/mol. The minimum Gasteiger partial charge on any atom is -0.472 e. The van der Waals surface area contributed by atoms with Crippen molar-refractivity contribution in [1.29, 1.82) is 0 Å². The normalized spacial score (nSPS) is 11.3. The van der Waals surface area contributed by atoms with Gasteiger partial charge >= 0.3 is 0 Å². The molecule has 0 aliphatic carbocycles. The summed E-state index contributed by atoms with van der Waals surface area (Å²) in [5, 5.41) is 11.3. The van der Waals surface area contributed by atoms with Crippen LogP contribution in [0.4, 0.5) is 0 Å². The highest BCUT2D eigenvalue weighted by Gasteiger charge is 2.03. The molecule has 0 radical (unpaired) electrons. The third-order valence-electron chi connectivity index (χ3n) is 2.30. The molecule has 2 rings (SSSR count). The molecule has 0 atom stereocenters. The molecular weight excluding hydrogens is 312 g/mol. The van der Waals surface area contributed by atoms with Gasteiger partial charge in [0.05, 0.1) is 12.4 Å². The Labute approximate surface area is 118 Å². The topological polar surface area (TPSA) is 93.6 Å². The second-order valence-electron chi connectivity index (χ2n) is 3.64. The molecule has 0 spiro atoms. The van der Waals surface area contributed by atoms with E-state index in [1.807, 2.05) is 24.3 Å². The van der Waals surface area contributed by atoms with E-state index in [4.69, 9.17) is 15.7 Å². The average Bonchev–Trinajstić information content (AvgIpc) is 2.46. The number of amidine groups is 1. The van der Waals surface area contributed by atoms with Gasteiger partial charge in [-0.05, 0) is 17.7 Å². The molecular formula is C12H11BrN4O2. The smallest absolute Gasteiger partial charge is 0.232 e. The number of benzene rings is 1. The van der Waals surface area contributed by atoms with Crippen molar-refractivity contribution in [2.75, 3.05) is 0 Å². The van der Waals surface area contributed by atoms with E-state index in [1.165, 1.54) is 12.4 Å². The zero-order chi connectivity index (χ0) is 13.7. The fourth-order valence-electron chi connectivity index (χ4n) is 1.31. The first-order valence-corrected chi connectivity index (χ1v) is 6.15. The van der Waals surface area contributed by atoms with Gasteiger partial charge in [-0.3, -0.25) is 0 Å². The minimum atomic E-state index is -0.0908. The quantitative estimate of drug-likeness (QED) is 0.388. The second-order valence-corrected chi connectivity index (χ2v) is 4.56. The predicted octanol–water partition coefficient (Wildman–Crippen LogP) is 1.91. The zero-order valence-corrected chi connectivity index (χ0v) is 11.4. The summed E-state index contributed by atoms with van der Waals surface area (Å²) in [7, 11) is 0. The van der Waals surface area contributed by atoms with E-state index in [0.717, 1.165) is 10.0 Å². The van der Waals surface area contributed by atoms with Crippen LogP contribution in [0.1, 0.15) is 11.3 Å². The van der Waals surface area contributed by atoms with Crippen LogP contribution in [0.2, 0.25) is 0 Å². The van der Waals surface area contributed by atoms with E-state index >= 15 is 0 Å². The van der Waals surface area contributed by atoms with E-state index < -0.39 is 0 Å². The lowest BCUT2D eigenvalue weighted by Crippen LogP contribution is -2.15. The fraction of sp³-hybridized carbons (Fsp3) is 0.0833. The molecule has 2 aromatic rings. The number of hydrogen-bond acceptors (Lipinski definition) is 5. The lowest BCUT2D eigenvalue weighted by atomic mass is 10.2. The molecule has 1 heterocycles. The molecule has 7 heteroatoms. The van der Waals surface area contributed by atoms with Crippen LogP contribution in [0.5, 0.6) is 5.88 Å². The van der Waals surface area contributed by atoms with Gasteiger partial charge in [-0.1, -0.05) is 33.2 Å². The minimum absolute atomic E-state index is 0.0908. The van der Waals surface area contributed by atoms with Gasteiger partial charge < -0.3 is 15.7 Å². The van der Waals surface area contributed by atoms with Gasteiger partial charge in [-0.2, -0.15) is 0 Å². The Morgan fingerprint density at radius 3 is 2.58 bits per heavy atom. The van der Waals surface area contributed by atoms with Crippen LogP contribution in [0, 0.1) is 0 Å². The number of ether oxygens (including phenoxy) is 1. The maximum atomic E-state index is 8.49. The van der Waals surface area contributed by atoms with Crippen LogP contribution < -0.4 is 10.5 Å². The van der Waals surface area contributed by atoms with E-state index in [9.17, 15) is 0 Å². The summed E-state index contributed by atoms with van der Waals surface area (Å²) in [6, 6.07) is 7.77. The van der Waals surface area contributed by atoms with Crippen LogP contribution in [0.25, 0.3) is 0 Å². The van der Waals surface area contributed by atoms with Crippen molar-refractivity contribution in [2.45, 2.75) is 6.61 Å². The highest BCUT2D eigenvalue weighted by Crippen LogP contribution is 2.12. The molecule has 0 bridgehead atoms. The Hall–Kier alpha value is -2.15. The molecule has 0 saturated carbocycles. The molecule has 0 aliphatic heterocycles. The lowest BCUT2D eigenvalue weighted by Gasteiger charge is -2.05. The van der Waals surface area contributed by atoms with Crippen molar-refractivity contribution < 1.29 is 9.94 Å². The van der Waals surface area contributed by atoms with Crippen LogP contribution in [0.15, 0.2) is 46.3 Å². The zero-order valence-electron chi connectivity index (χ0n) is 9.82. The maximum Gasteiger partial charge on any atom is 0.232 e. The van der Waals surface area contributed by atoms with Crippen LogP contribution >= 0.6 is 15.9 Å². The fourth-order valence-corrected chi connectivity index (χ4v) is 1.58. The Bertz CT molecular complexity index is 569. The lowest BCUT2D eigenvalue weighted by molar-refractivity contribution is 0.292. The van der Waals surface area contributed by atoms with Gasteiger partial charge in [0.15, 0.2) is 5.84 Å². The second kappa shape index (κ2) is 6.14. The molecule has 6 nitrogen and oxygen atoms in total. The molecule has 98 valence electrons. The van der Waals surface area contributed by atoms with Gasteiger partial charge in [0.1, 0.15) is 12.3 Å². The van der Waals surface area contributed by atoms with Gasteiger partial charge in [0.25, 0.3) is 0 Å². The Kier molecular flexibility index (Phi) is 4.30. The van der Waals surface area contributed by atoms with E-state index in [1.54, 1.807) is 0 Å².